The largest absolute Gasteiger partial charge is 1.00 e. The second-order valence-electron chi connectivity index (χ2n) is 1.01. The summed E-state index contributed by atoms with van der Waals surface area (Å²) in [4.78, 5) is 19.1. The second-order valence-corrected chi connectivity index (χ2v) is 1.01. The van der Waals surface area contributed by atoms with E-state index in [1.165, 1.54) is 0 Å². The maximum Gasteiger partial charge on any atom is 1.00 e. The third-order valence-corrected chi connectivity index (χ3v) is 0.368. The van der Waals surface area contributed by atoms with Gasteiger partial charge in [0, 0.05) is 12.2 Å². The summed E-state index contributed by atoms with van der Waals surface area (Å²) in [5, 5.41) is 15.6. The molecule has 7 heteroatoms. The van der Waals surface area contributed by atoms with Crippen LogP contribution in [0, 0.1) is 0 Å². The van der Waals surface area contributed by atoms with Crippen LogP contribution in [0.1, 0.15) is 2.85 Å². The summed E-state index contributed by atoms with van der Waals surface area (Å²) in [6.45, 7) is 0. The first-order valence-electron chi connectivity index (χ1n) is 1.77. The van der Waals surface area contributed by atoms with Crippen LogP contribution < -0.4 is 70.2 Å². The van der Waals surface area contributed by atoms with Gasteiger partial charge in [-0.1, -0.05) is 0 Å². The number of carboxylic acid groups (broad SMARTS) is 2. The van der Waals surface area contributed by atoms with Crippen molar-refractivity contribution < 1.29 is 98.4 Å². The number of aliphatic carboxylic acids is 2. The molecule has 0 fully saturated rings. The first-order chi connectivity index (χ1) is 3.63. The third kappa shape index (κ3) is 24.8. The average Bonchev–Trinajstić information content (AvgIpc) is 1.61. The monoisotopic (exact) mass is 182 g/mol. The van der Waals surface area contributed by atoms with Crippen LogP contribution in [0.2, 0.25) is 0 Å². The molecule has 0 aromatic carbocycles. The van der Waals surface area contributed by atoms with E-state index in [2.05, 4.69) is 0 Å². The molecule has 56 valence electrons. The zero-order valence-corrected chi connectivity index (χ0v) is 9.49. The molecule has 0 heterocycles. The molecule has 0 radical (unpaired) electrons. The number of hydrogen-bond donors (Lipinski definition) is 2. The summed E-state index contributed by atoms with van der Waals surface area (Å²) >= 11 is 0. The van der Waals surface area contributed by atoms with E-state index in [4.69, 9.17) is 10.2 Å². The Hall–Kier alpha value is 0.874. The Bertz CT molecular complexity index is 137. The van der Waals surface area contributed by atoms with Crippen molar-refractivity contribution in [3.8, 4) is 0 Å². The van der Waals surface area contributed by atoms with Gasteiger partial charge in [-0.2, -0.15) is 0 Å². The van der Waals surface area contributed by atoms with Gasteiger partial charge < -0.3 is 18.5 Å². The second kappa shape index (κ2) is 13.5. The molecule has 0 aliphatic carbocycles. The summed E-state index contributed by atoms with van der Waals surface area (Å²) in [6, 6.07) is 0. The topological polar surface area (TPSA) is 106 Å². The number of carbonyl (C=O) groups is 2. The maximum atomic E-state index is 9.55. The zero-order chi connectivity index (χ0) is 6.57. The molecule has 0 rings (SSSR count). The number of rotatable bonds is 2. The van der Waals surface area contributed by atoms with E-state index in [-0.39, 0.29) is 78.6 Å². The fourth-order valence-corrected chi connectivity index (χ4v) is 0.143. The molecule has 0 unspecified atom stereocenters. The van der Waals surface area contributed by atoms with Gasteiger partial charge in [0.15, 0.2) is 0 Å². The molecule has 0 saturated heterocycles. The number of carboxylic acids is 2. The van der Waals surface area contributed by atoms with Crippen molar-refractivity contribution in [3.63, 3.8) is 0 Å². The zero-order valence-electron chi connectivity index (χ0n) is 8.37. The fourth-order valence-electron chi connectivity index (χ4n) is 0.143. The Balaban J connectivity index is -0.0000000245. The minimum Gasteiger partial charge on any atom is -1.00 e. The Morgan fingerprint density at radius 2 is 1.27 bits per heavy atom. The molecule has 0 bridgehead atoms. The van der Waals surface area contributed by atoms with Crippen molar-refractivity contribution in [2.24, 2.45) is 0 Å². The van der Waals surface area contributed by atoms with Crippen LogP contribution in [0.5, 0.6) is 0 Å². The molecule has 4 N–H and O–H groups in total. The Morgan fingerprint density at radius 1 is 1.09 bits per heavy atom. The van der Waals surface area contributed by atoms with E-state index in [9.17, 15) is 9.59 Å². The third-order valence-electron chi connectivity index (χ3n) is 0.368. The van der Waals surface area contributed by atoms with Gasteiger partial charge in [-0.3, -0.25) is 0 Å². The van der Waals surface area contributed by atoms with Crippen LogP contribution in [0.25, 0.3) is 0 Å². The van der Waals surface area contributed by atoms with Crippen LogP contribution in [0.4, 0.5) is 0 Å². The fraction of sp³-hybridized carbons (Fsp3) is 0. The molecule has 0 aromatic rings. The van der Waals surface area contributed by atoms with Gasteiger partial charge in [-0.05, 0) is 0 Å². The Kier molecular flexibility index (Phi) is 27.7. The minimum absolute atomic E-state index is 0. The van der Waals surface area contributed by atoms with E-state index < -0.39 is 11.9 Å². The predicted octanol–water partition coefficient (Wildman–Crippen LogP) is -6.88. The minimum atomic E-state index is -1.26. The Morgan fingerprint density at radius 3 is 1.36 bits per heavy atom. The van der Waals surface area contributed by atoms with Crippen LogP contribution in [-0.4, -0.2) is 27.6 Å². The molecule has 11 heavy (non-hydrogen) atoms. The molecule has 0 aromatic heterocycles. The van der Waals surface area contributed by atoms with Crippen LogP contribution >= 0.6 is 0 Å². The predicted molar refractivity (Wildman–Crippen MR) is 30.2 cm³/mol. The van der Waals surface area contributed by atoms with Crippen molar-refractivity contribution in [1.82, 2.24) is 0 Å². The molecular formula is C4H8KLiO5. The van der Waals surface area contributed by atoms with E-state index in [1.54, 1.807) is 0 Å². The summed E-state index contributed by atoms with van der Waals surface area (Å²) in [5.41, 5.74) is 0. The van der Waals surface area contributed by atoms with Gasteiger partial charge in [-0.25, -0.2) is 9.59 Å². The van der Waals surface area contributed by atoms with E-state index >= 15 is 0 Å². The van der Waals surface area contributed by atoms with E-state index in [1.807, 2.05) is 0 Å². The maximum absolute atomic E-state index is 9.55. The van der Waals surface area contributed by atoms with Gasteiger partial charge in [0.25, 0.3) is 0 Å². The molecule has 0 atom stereocenters. The van der Waals surface area contributed by atoms with Gasteiger partial charge in [0.2, 0.25) is 0 Å². The Labute approximate surface area is 121 Å². The molecule has 0 amide bonds. The van der Waals surface area contributed by atoms with E-state index in [0.29, 0.717) is 12.2 Å². The van der Waals surface area contributed by atoms with Crippen molar-refractivity contribution in [3.05, 3.63) is 12.2 Å². The quantitative estimate of drug-likeness (QED) is 0.327. The van der Waals surface area contributed by atoms with Gasteiger partial charge in [0.05, 0.1) is 0 Å². The van der Waals surface area contributed by atoms with Crippen molar-refractivity contribution in [2.75, 3.05) is 0 Å². The molecule has 0 spiro atoms. The summed E-state index contributed by atoms with van der Waals surface area (Å²) < 4.78 is 0. The first kappa shape index (κ1) is 22.6. The van der Waals surface area contributed by atoms with Gasteiger partial charge in [0.1, 0.15) is 0 Å². The van der Waals surface area contributed by atoms with Crippen molar-refractivity contribution in [2.45, 2.75) is 0 Å². The molecule has 0 saturated carbocycles. The van der Waals surface area contributed by atoms with Crippen LogP contribution in [0.15, 0.2) is 12.2 Å². The SMILES string of the molecule is O.O=C(O)/C=C/C(=O)O.[H-].[H-].[K+].[Li+]. The average molecular weight is 182 g/mol. The van der Waals surface area contributed by atoms with Gasteiger partial charge >= 0.3 is 82.2 Å². The smallest absolute Gasteiger partial charge is 1.00 e. The first-order valence-corrected chi connectivity index (χ1v) is 1.77. The molecule has 0 aliphatic rings. The summed E-state index contributed by atoms with van der Waals surface area (Å²) in [6.07, 6.45) is 1.12. The summed E-state index contributed by atoms with van der Waals surface area (Å²) in [5.74, 6) is -2.51. The molecular weight excluding hydrogens is 174 g/mol. The molecule has 5 nitrogen and oxygen atoms in total. The van der Waals surface area contributed by atoms with Crippen molar-refractivity contribution >= 4 is 11.9 Å². The normalized spacial score (nSPS) is 6.91. The van der Waals surface area contributed by atoms with Crippen LogP contribution in [0.3, 0.4) is 0 Å². The van der Waals surface area contributed by atoms with Crippen LogP contribution in [-0.2, 0) is 9.59 Å². The summed E-state index contributed by atoms with van der Waals surface area (Å²) in [7, 11) is 0. The van der Waals surface area contributed by atoms with E-state index in [0.717, 1.165) is 0 Å². The standard InChI is InChI=1S/C4H4O4.K.Li.H2O.2H/c5-3(6)1-2-4(7)8;;;;;/h1-2H,(H,5,6)(H,7,8);;;1H2;;/q;2*+1;;2*-1/b2-1+;;;;;. The number of hydrogen-bond acceptors (Lipinski definition) is 2. The molecule has 0 aliphatic heterocycles. The van der Waals surface area contributed by atoms with Gasteiger partial charge in [-0.15, -0.1) is 0 Å². The van der Waals surface area contributed by atoms with Crippen molar-refractivity contribution in [1.29, 1.82) is 0 Å².